The normalized spacial score (nSPS) is 23.2. The summed E-state index contributed by atoms with van der Waals surface area (Å²) in [5, 5.41) is 12.5. The predicted octanol–water partition coefficient (Wildman–Crippen LogP) is 5.24. The second kappa shape index (κ2) is 6.57. The summed E-state index contributed by atoms with van der Waals surface area (Å²) in [5.41, 5.74) is -0.491. The Morgan fingerprint density at radius 2 is 1.90 bits per heavy atom. The molecule has 1 aliphatic rings. The molecule has 1 aromatic carbocycles. The Kier molecular flexibility index (Phi) is 5.00. The molecular formula is C15H16ClF3N2. The van der Waals surface area contributed by atoms with Gasteiger partial charge in [-0.2, -0.15) is 18.4 Å². The first-order valence-electron chi connectivity index (χ1n) is 6.94. The topological polar surface area (TPSA) is 35.8 Å². The van der Waals surface area contributed by atoms with Gasteiger partial charge in [0.05, 0.1) is 28.3 Å². The number of halogens is 4. The molecule has 1 fully saturated rings. The number of alkyl halides is 3. The van der Waals surface area contributed by atoms with E-state index in [0.29, 0.717) is 0 Å². The van der Waals surface area contributed by atoms with Crippen molar-refractivity contribution in [3.8, 4) is 6.07 Å². The lowest BCUT2D eigenvalue weighted by atomic mass is 9.96. The Hall–Kier alpha value is -1.41. The van der Waals surface area contributed by atoms with Gasteiger partial charge in [-0.05, 0) is 31.0 Å². The number of anilines is 1. The average molecular weight is 317 g/mol. The van der Waals surface area contributed by atoms with Gasteiger partial charge in [0.15, 0.2) is 0 Å². The van der Waals surface area contributed by atoms with E-state index in [1.54, 1.807) is 0 Å². The maximum atomic E-state index is 12.8. The van der Waals surface area contributed by atoms with Crippen molar-refractivity contribution >= 4 is 17.3 Å². The van der Waals surface area contributed by atoms with Gasteiger partial charge in [0.1, 0.15) is 0 Å². The van der Waals surface area contributed by atoms with Crippen LogP contribution in [0.3, 0.4) is 0 Å². The summed E-state index contributed by atoms with van der Waals surface area (Å²) in [6.07, 6.45) is 0.125. The number of nitriles is 1. The standard InChI is InChI=1S/C15H16ClF3N2/c16-12-7-6-11(15(17,18)19)8-14(12)21-13-5-3-1-2-4-10(13)9-20/h6-8,10,13,21H,1-5H2. The van der Waals surface area contributed by atoms with Crippen LogP contribution in [0.1, 0.15) is 37.7 Å². The molecule has 1 N–H and O–H groups in total. The van der Waals surface area contributed by atoms with Crippen molar-refractivity contribution in [2.75, 3.05) is 5.32 Å². The molecule has 0 aliphatic heterocycles. The number of hydrogen-bond donors (Lipinski definition) is 1. The second-order valence-corrected chi connectivity index (χ2v) is 5.72. The van der Waals surface area contributed by atoms with E-state index >= 15 is 0 Å². The number of hydrogen-bond acceptors (Lipinski definition) is 2. The lowest BCUT2D eigenvalue weighted by Crippen LogP contribution is -2.27. The van der Waals surface area contributed by atoms with E-state index in [9.17, 15) is 18.4 Å². The third-order valence-corrected chi connectivity index (χ3v) is 4.15. The second-order valence-electron chi connectivity index (χ2n) is 5.32. The van der Waals surface area contributed by atoms with E-state index in [1.165, 1.54) is 6.07 Å². The van der Waals surface area contributed by atoms with Crippen LogP contribution >= 0.6 is 11.6 Å². The van der Waals surface area contributed by atoms with E-state index in [2.05, 4.69) is 11.4 Å². The maximum Gasteiger partial charge on any atom is 0.416 e. The SMILES string of the molecule is N#CC1CCCCCC1Nc1cc(C(F)(F)F)ccc1Cl. The van der Waals surface area contributed by atoms with Gasteiger partial charge in [0.2, 0.25) is 0 Å². The molecule has 0 radical (unpaired) electrons. The molecule has 0 bridgehead atoms. The Morgan fingerprint density at radius 1 is 1.19 bits per heavy atom. The minimum Gasteiger partial charge on any atom is -0.380 e. The summed E-state index contributed by atoms with van der Waals surface area (Å²) in [4.78, 5) is 0. The van der Waals surface area contributed by atoms with Crippen LogP contribution in [0.15, 0.2) is 18.2 Å². The van der Waals surface area contributed by atoms with Crippen LogP contribution in [0, 0.1) is 17.2 Å². The summed E-state index contributed by atoms with van der Waals surface area (Å²) in [5.74, 6) is -0.196. The van der Waals surface area contributed by atoms with Gasteiger partial charge in [-0.25, -0.2) is 0 Å². The third kappa shape index (κ3) is 4.04. The molecular weight excluding hydrogens is 301 g/mol. The summed E-state index contributed by atoms with van der Waals surface area (Å²) < 4.78 is 38.3. The molecule has 21 heavy (non-hydrogen) atoms. The number of nitrogens with zero attached hydrogens (tertiary/aromatic N) is 1. The number of rotatable bonds is 2. The van der Waals surface area contributed by atoms with Gasteiger partial charge in [-0.1, -0.05) is 30.9 Å². The zero-order valence-corrected chi connectivity index (χ0v) is 12.1. The van der Waals surface area contributed by atoms with Crippen LogP contribution in [0.25, 0.3) is 0 Å². The molecule has 6 heteroatoms. The Bertz CT molecular complexity index is 537. The fourth-order valence-electron chi connectivity index (χ4n) is 2.65. The van der Waals surface area contributed by atoms with Crippen LogP contribution in [0.2, 0.25) is 5.02 Å². The van der Waals surface area contributed by atoms with Crippen molar-refractivity contribution in [3.63, 3.8) is 0 Å². The molecule has 2 unspecified atom stereocenters. The van der Waals surface area contributed by atoms with E-state index in [-0.39, 0.29) is 22.7 Å². The van der Waals surface area contributed by atoms with Gasteiger partial charge in [-0.3, -0.25) is 0 Å². The molecule has 1 saturated carbocycles. The van der Waals surface area contributed by atoms with E-state index in [4.69, 9.17) is 11.6 Å². The Morgan fingerprint density at radius 3 is 2.57 bits per heavy atom. The van der Waals surface area contributed by atoms with Crippen LogP contribution < -0.4 is 5.32 Å². The Labute approximate surface area is 126 Å². The minimum absolute atomic E-state index is 0.154. The van der Waals surface area contributed by atoms with Crippen LogP contribution in [-0.2, 0) is 6.18 Å². The van der Waals surface area contributed by atoms with Crippen molar-refractivity contribution in [3.05, 3.63) is 28.8 Å². The highest BCUT2D eigenvalue weighted by molar-refractivity contribution is 6.33. The molecule has 0 saturated heterocycles. The molecule has 2 rings (SSSR count). The highest BCUT2D eigenvalue weighted by Crippen LogP contribution is 2.35. The van der Waals surface area contributed by atoms with Gasteiger partial charge < -0.3 is 5.32 Å². The molecule has 1 aliphatic carbocycles. The highest BCUT2D eigenvalue weighted by atomic mass is 35.5. The fraction of sp³-hybridized carbons (Fsp3) is 0.533. The summed E-state index contributed by atoms with van der Waals surface area (Å²) >= 11 is 5.98. The quantitative estimate of drug-likeness (QED) is 0.757. The first-order valence-corrected chi connectivity index (χ1v) is 7.32. The zero-order chi connectivity index (χ0) is 15.5. The molecule has 1 aromatic rings. The average Bonchev–Trinajstić information content (AvgIpc) is 2.65. The van der Waals surface area contributed by atoms with Crippen molar-refractivity contribution < 1.29 is 13.2 Å². The fourth-order valence-corrected chi connectivity index (χ4v) is 2.82. The monoisotopic (exact) mass is 316 g/mol. The van der Waals surface area contributed by atoms with Gasteiger partial charge in [0, 0.05) is 6.04 Å². The first-order chi connectivity index (χ1) is 9.91. The summed E-state index contributed by atoms with van der Waals surface area (Å²) in [7, 11) is 0. The van der Waals surface area contributed by atoms with Crippen LogP contribution in [-0.4, -0.2) is 6.04 Å². The third-order valence-electron chi connectivity index (χ3n) is 3.82. The summed E-state index contributed by atoms with van der Waals surface area (Å²) in [6, 6.07) is 5.31. The Balaban J connectivity index is 2.23. The largest absolute Gasteiger partial charge is 0.416 e. The van der Waals surface area contributed by atoms with Crippen LogP contribution in [0.4, 0.5) is 18.9 Å². The van der Waals surface area contributed by atoms with Crippen molar-refractivity contribution in [1.29, 1.82) is 5.26 Å². The zero-order valence-electron chi connectivity index (χ0n) is 11.4. The van der Waals surface area contributed by atoms with E-state index < -0.39 is 11.7 Å². The van der Waals surface area contributed by atoms with Gasteiger partial charge in [0.25, 0.3) is 0 Å². The van der Waals surface area contributed by atoms with Crippen molar-refractivity contribution in [2.24, 2.45) is 5.92 Å². The molecule has 114 valence electrons. The molecule has 0 aromatic heterocycles. The first kappa shape index (κ1) is 16.0. The molecule has 0 heterocycles. The molecule has 2 nitrogen and oxygen atoms in total. The summed E-state index contributed by atoms with van der Waals surface area (Å²) in [6.45, 7) is 0. The van der Waals surface area contributed by atoms with Gasteiger partial charge in [-0.15, -0.1) is 0 Å². The lowest BCUT2D eigenvalue weighted by Gasteiger charge is -2.23. The van der Waals surface area contributed by atoms with Crippen molar-refractivity contribution in [2.45, 2.75) is 44.3 Å². The highest BCUT2D eigenvalue weighted by Gasteiger charge is 2.31. The van der Waals surface area contributed by atoms with Gasteiger partial charge >= 0.3 is 6.18 Å². The number of benzene rings is 1. The molecule has 0 spiro atoms. The van der Waals surface area contributed by atoms with E-state index in [1.807, 2.05) is 0 Å². The van der Waals surface area contributed by atoms with E-state index in [0.717, 1.165) is 44.2 Å². The van der Waals surface area contributed by atoms with Crippen LogP contribution in [0.5, 0.6) is 0 Å². The predicted molar refractivity (Wildman–Crippen MR) is 76.1 cm³/mol. The molecule has 0 amide bonds. The lowest BCUT2D eigenvalue weighted by molar-refractivity contribution is -0.137. The number of nitrogens with one attached hydrogen (secondary N) is 1. The molecule has 2 atom stereocenters. The van der Waals surface area contributed by atoms with Crippen molar-refractivity contribution in [1.82, 2.24) is 0 Å². The minimum atomic E-state index is -4.40. The maximum absolute atomic E-state index is 12.8. The smallest absolute Gasteiger partial charge is 0.380 e.